The van der Waals surface area contributed by atoms with Crippen LogP contribution in [0.5, 0.6) is 0 Å². The van der Waals surface area contributed by atoms with Crippen LogP contribution in [0, 0.1) is 5.92 Å². The fourth-order valence-electron chi connectivity index (χ4n) is 2.23. The van der Waals surface area contributed by atoms with Gasteiger partial charge in [-0.25, -0.2) is 4.98 Å². The van der Waals surface area contributed by atoms with Gasteiger partial charge >= 0.3 is 0 Å². The first-order chi connectivity index (χ1) is 9.19. The van der Waals surface area contributed by atoms with E-state index >= 15 is 0 Å². The van der Waals surface area contributed by atoms with Crippen LogP contribution in [0.1, 0.15) is 49.5 Å². The number of carbonyl (C=O) groups is 1. The van der Waals surface area contributed by atoms with E-state index in [-0.39, 0.29) is 5.91 Å². The highest BCUT2D eigenvalue weighted by molar-refractivity contribution is 5.91. The summed E-state index contributed by atoms with van der Waals surface area (Å²) in [5.41, 5.74) is 0.383. The molecule has 1 fully saturated rings. The van der Waals surface area contributed by atoms with Crippen LogP contribution in [0.2, 0.25) is 0 Å². The number of oxazole rings is 1. The van der Waals surface area contributed by atoms with Gasteiger partial charge in [-0.05, 0) is 38.3 Å². The lowest BCUT2D eigenvalue weighted by molar-refractivity contribution is 0.0948. The summed E-state index contributed by atoms with van der Waals surface area (Å²) in [5.74, 6) is 1.30. The van der Waals surface area contributed by atoms with Crippen LogP contribution in [0.4, 0.5) is 0 Å². The zero-order valence-electron chi connectivity index (χ0n) is 11.8. The lowest BCUT2D eigenvalue weighted by atomic mass is 9.99. The summed E-state index contributed by atoms with van der Waals surface area (Å²) in [5, 5.41) is 2.80. The first kappa shape index (κ1) is 14.1. The van der Waals surface area contributed by atoms with Gasteiger partial charge in [0, 0.05) is 6.54 Å². The quantitative estimate of drug-likeness (QED) is 0.885. The molecule has 0 spiro atoms. The van der Waals surface area contributed by atoms with Gasteiger partial charge in [0.15, 0.2) is 5.69 Å². The van der Waals surface area contributed by atoms with E-state index in [1.807, 2.05) is 6.92 Å². The predicted molar refractivity (Wildman–Crippen MR) is 72.8 cm³/mol. The molecule has 0 radical (unpaired) electrons. The molecule has 1 saturated heterocycles. The number of likely N-dealkylation sites (tertiary alicyclic amines) is 1. The highest BCUT2D eigenvalue weighted by Gasteiger charge is 2.18. The second kappa shape index (κ2) is 6.70. The Balaban J connectivity index is 1.85. The third kappa shape index (κ3) is 4.06. The van der Waals surface area contributed by atoms with E-state index in [9.17, 15) is 4.79 Å². The summed E-state index contributed by atoms with van der Waals surface area (Å²) in [4.78, 5) is 18.3. The molecule has 0 aliphatic carbocycles. The van der Waals surface area contributed by atoms with Crippen molar-refractivity contribution in [2.45, 2.75) is 39.7 Å². The van der Waals surface area contributed by atoms with Crippen molar-refractivity contribution in [1.82, 2.24) is 15.2 Å². The molecule has 106 valence electrons. The second-order valence-electron chi connectivity index (χ2n) is 5.34. The molecule has 1 aliphatic heterocycles. The van der Waals surface area contributed by atoms with E-state index < -0.39 is 0 Å². The minimum Gasteiger partial charge on any atom is -0.447 e. The van der Waals surface area contributed by atoms with Crippen LogP contribution in [0.25, 0.3) is 0 Å². The number of aromatic nitrogens is 1. The number of hydrogen-bond donors (Lipinski definition) is 1. The Bertz CT molecular complexity index is 409. The third-order valence-electron chi connectivity index (χ3n) is 3.56. The Kier molecular flexibility index (Phi) is 4.96. The van der Waals surface area contributed by atoms with Crippen molar-refractivity contribution in [3.8, 4) is 0 Å². The van der Waals surface area contributed by atoms with Crippen LogP contribution in [0.3, 0.4) is 0 Å². The second-order valence-corrected chi connectivity index (χ2v) is 5.34. The standard InChI is InChI=1S/C14H23N3O2/c1-3-6-15-14(18)12-10-19-13(16-12)9-17-7-4-11(2)5-8-17/h10-11H,3-9H2,1-2H3,(H,15,18). The maximum atomic E-state index is 11.7. The average Bonchev–Trinajstić information content (AvgIpc) is 2.87. The Hall–Kier alpha value is -1.36. The molecule has 2 heterocycles. The molecule has 2 rings (SSSR count). The molecule has 5 heteroatoms. The number of carbonyl (C=O) groups excluding carboxylic acids is 1. The van der Waals surface area contributed by atoms with E-state index in [2.05, 4.69) is 22.1 Å². The molecule has 1 aromatic rings. The van der Waals surface area contributed by atoms with Gasteiger partial charge in [-0.3, -0.25) is 9.69 Å². The number of nitrogens with one attached hydrogen (secondary N) is 1. The molecule has 0 unspecified atom stereocenters. The summed E-state index contributed by atoms with van der Waals surface area (Å²) in [6.07, 6.45) is 4.82. The molecule has 0 aromatic carbocycles. The van der Waals surface area contributed by atoms with E-state index in [0.717, 1.165) is 25.4 Å². The molecule has 19 heavy (non-hydrogen) atoms. The zero-order valence-corrected chi connectivity index (χ0v) is 11.8. The summed E-state index contributed by atoms with van der Waals surface area (Å²) in [7, 11) is 0. The lowest BCUT2D eigenvalue weighted by Gasteiger charge is -2.28. The third-order valence-corrected chi connectivity index (χ3v) is 3.56. The minimum atomic E-state index is -0.149. The first-order valence-electron chi connectivity index (χ1n) is 7.14. The summed E-state index contributed by atoms with van der Waals surface area (Å²) in [6.45, 7) is 7.85. The number of nitrogens with zero attached hydrogens (tertiary/aromatic N) is 2. The molecule has 1 aromatic heterocycles. The van der Waals surface area contributed by atoms with Gasteiger partial charge in [0.2, 0.25) is 5.89 Å². The molecule has 1 N–H and O–H groups in total. The SMILES string of the molecule is CCCNC(=O)c1coc(CN2CCC(C)CC2)n1. The largest absolute Gasteiger partial charge is 0.447 e. The summed E-state index contributed by atoms with van der Waals surface area (Å²) in [6, 6.07) is 0. The molecule has 0 atom stereocenters. The highest BCUT2D eigenvalue weighted by atomic mass is 16.3. The van der Waals surface area contributed by atoms with Gasteiger partial charge in [0.1, 0.15) is 6.26 Å². The Morgan fingerprint density at radius 1 is 1.53 bits per heavy atom. The van der Waals surface area contributed by atoms with Crippen LogP contribution in [-0.4, -0.2) is 35.4 Å². The topological polar surface area (TPSA) is 58.4 Å². The van der Waals surface area contributed by atoms with Gasteiger partial charge in [-0.1, -0.05) is 13.8 Å². The van der Waals surface area contributed by atoms with Gasteiger partial charge in [0.05, 0.1) is 6.54 Å². The van der Waals surface area contributed by atoms with Crippen molar-refractivity contribution < 1.29 is 9.21 Å². The highest BCUT2D eigenvalue weighted by Crippen LogP contribution is 2.17. The molecular formula is C14H23N3O2. The van der Waals surface area contributed by atoms with Crippen molar-refractivity contribution in [3.05, 3.63) is 17.8 Å². The maximum absolute atomic E-state index is 11.7. The molecule has 1 amide bonds. The van der Waals surface area contributed by atoms with Crippen molar-refractivity contribution in [3.63, 3.8) is 0 Å². The van der Waals surface area contributed by atoms with Gasteiger partial charge in [-0.15, -0.1) is 0 Å². The van der Waals surface area contributed by atoms with Gasteiger partial charge in [0.25, 0.3) is 5.91 Å². The van der Waals surface area contributed by atoms with Gasteiger partial charge < -0.3 is 9.73 Å². The molecule has 1 aliphatic rings. The summed E-state index contributed by atoms with van der Waals surface area (Å²) < 4.78 is 5.38. The van der Waals surface area contributed by atoms with Crippen LogP contribution < -0.4 is 5.32 Å². The summed E-state index contributed by atoms with van der Waals surface area (Å²) >= 11 is 0. The van der Waals surface area contributed by atoms with Crippen LogP contribution in [0.15, 0.2) is 10.7 Å². The Morgan fingerprint density at radius 2 is 2.26 bits per heavy atom. The molecular weight excluding hydrogens is 242 g/mol. The lowest BCUT2D eigenvalue weighted by Crippen LogP contribution is -2.32. The fraction of sp³-hybridized carbons (Fsp3) is 0.714. The molecule has 0 saturated carbocycles. The normalized spacial score (nSPS) is 17.6. The van der Waals surface area contributed by atoms with Crippen molar-refractivity contribution in [1.29, 1.82) is 0 Å². The number of piperidine rings is 1. The van der Waals surface area contributed by atoms with Crippen molar-refractivity contribution in [2.75, 3.05) is 19.6 Å². The molecule has 5 nitrogen and oxygen atoms in total. The van der Waals surface area contributed by atoms with E-state index in [4.69, 9.17) is 4.42 Å². The first-order valence-corrected chi connectivity index (χ1v) is 7.14. The fourth-order valence-corrected chi connectivity index (χ4v) is 2.23. The van der Waals surface area contributed by atoms with E-state index in [0.29, 0.717) is 24.7 Å². The number of rotatable bonds is 5. The smallest absolute Gasteiger partial charge is 0.273 e. The minimum absolute atomic E-state index is 0.149. The predicted octanol–water partition coefficient (Wildman–Crippen LogP) is 2.05. The van der Waals surface area contributed by atoms with Crippen LogP contribution in [-0.2, 0) is 6.54 Å². The van der Waals surface area contributed by atoms with Crippen molar-refractivity contribution in [2.24, 2.45) is 5.92 Å². The van der Waals surface area contributed by atoms with Crippen molar-refractivity contribution >= 4 is 5.91 Å². The van der Waals surface area contributed by atoms with E-state index in [1.165, 1.54) is 19.1 Å². The van der Waals surface area contributed by atoms with Crippen LogP contribution >= 0.6 is 0 Å². The average molecular weight is 265 g/mol. The van der Waals surface area contributed by atoms with E-state index in [1.54, 1.807) is 0 Å². The zero-order chi connectivity index (χ0) is 13.7. The Labute approximate surface area is 114 Å². The number of hydrogen-bond acceptors (Lipinski definition) is 4. The molecule has 0 bridgehead atoms. The number of amides is 1. The van der Waals surface area contributed by atoms with Gasteiger partial charge in [-0.2, -0.15) is 0 Å². The maximum Gasteiger partial charge on any atom is 0.273 e. The monoisotopic (exact) mass is 265 g/mol. The Morgan fingerprint density at radius 3 is 2.95 bits per heavy atom.